The number of aryl methyl sites for hydroxylation is 1. The van der Waals surface area contributed by atoms with Gasteiger partial charge in [0, 0.05) is 23.9 Å². The fraction of sp³-hybridized carbons (Fsp3) is 0.158. The summed E-state index contributed by atoms with van der Waals surface area (Å²) in [6.07, 6.45) is 2.83. The fourth-order valence-electron chi connectivity index (χ4n) is 2.49. The Labute approximate surface area is 129 Å². The molecule has 0 fully saturated rings. The van der Waals surface area contributed by atoms with E-state index in [-0.39, 0.29) is 5.43 Å². The molecule has 1 aromatic heterocycles. The smallest absolute Gasteiger partial charge is 0.215 e. The molecule has 0 saturated carbocycles. The van der Waals surface area contributed by atoms with Crippen molar-refractivity contribution in [3.63, 3.8) is 0 Å². The Bertz CT molecular complexity index is 744. The number of benzene rings is 2. The normalized spacial score (nSPS) is 10.6. The highest BCUT2D eigenvalue weighted by Gasteiger charge is 2.12. The van der Waals surface area contributed by atoms with Crippen LogP contribution in [0.3, 0.4) is 0 Å². The highest BCUT2D eigenvalue weighted by Crippen LogP contribution is 2.19. The first-order chi connectivity index (χ1) is 10.8. The molecule has 3 heteroatoms. The summed E-state index contributed by atoms with van der Waals surface area (Å²) in [5, 5.41) is 4.52. The second kappa shape index (κ2) is 6.39. The first-order valence-corrected chi connectivity index (χ1v) is 7.52. The summed E-state index contributed by atoms with van der Waals surface area (Å²) in [4.78, 5) is 12.9. The highest BCUT2D eigenvalue weighted by atomic mass is 16.1. The van der Waals surface area contributed by atoms with Gasteiger partial charge in [-0.25, -0.2) is 0 Å². The van der Waals surface area contributed by atoms with E-state index in [9.17, 15) is 4.79 Å². The summed E-state index contributed by atoms with van der Waals surface area (Å²) in [7, 11) is 0. The van der Waals surface area contributed by atoms with Crippen LogP contribution in [0.25, 0.3) is 22.4 Å². The van der Waals surface area contributed by atoms with Crippen molar-refractivity contribution in [1.82, 2.24) is 9.78 Å². The van der Waals surface area contributed by atoms with E-state index >= 15 is 0 Å². The van der Waals surface area contributed by atoms with Crippen LogP contribution in [0, 0.1) is 0 Å². The van der Waals surface area contributed by atoms with Crippen molar-refractivity contribution in [2.24, 2.45) is 0 Å². The predicted octanol–water partition coefficient (Wildman–Crippen LogP) is 3.99. The Hall–Kier alpha value is -2.68. The molecule has 0 spiro atoms. The van der Waals surface area contributed by atoms with Crippen LogP contribution >= 0.6 is 0 Å². The minimum Gasteiger partial charge on any atom is -0.287 e. The molecule has 110 valence electrons. The lowest BCUT2D eigenvalue weighted by Crippen LogP contribution is -2.17. The Morgan fingerprint density at radius 2 is 1.50 bits per heavy atom. The number of aromatic nitrogens is 2. The first-order valence-electron chi connectivity index (χ1n) is 7.52. The van der Waals surface area contributed by atoms with Gasteiger partial charge in [0.25, 0.3) is 0 Å². The summed E-state index contributed by atoms with van der Waals surface area (Å²) in [6.45, 7) is 2.89. The first kappa shape index (κ1) is 14.3. The summed E-state index contributed by atoms with van der Waals surface area (Å²) >= 11 is 0. The van der Waals surface area contributed by atoms with E-state index in [1.165, 1.54) is 0 Å². The van der Waals surface area contributed by atoms with Crippen LogP contribution in [0.1, 0.15) is 13.3 Å². The van der Waals surface area contributed by atoms with E-state index in [1.807, 2.05) is 71.5 Å². The highest BCUT2D eigenvalue weighted by molar-refractivity contribution is 5.69. The van der Waals surface area contributed by atoms with Gasteiger partial charge < -0.3 is 0 Å². The second-order valence-corrected chi connectivity index (χ2v) is 5.22. The number of rotatable bonds is 4. The van der Waals surface area contributed by atoms with Crippen LogP contribution < -0.4 is 5.43 Å². The molecule has 3 aromatic rings. The van der Waals surface area contributed by atoms with Gasteiger partial charge in [0.05, 0.1) is 0 Å². The summed E-state index contributed by atoms with van der Waals surface area (Å²) in [5.74, 6) is 0. The van der Waals surface area contributed by atoms with Crippen LogP contribution in [0.2, 0.25) is 0 Å². The van der Waals surface area contributed by atoms with Gasteiger partial charge in [0.1, 0.15) is 5.69 Å². The molecular weight excluding hydrogens is 272 g/mol. The van der Waals surface area contributed by atoms with E-state index < -0.39 is 0 Å². The van der Waals surface area contributed by atoms with Gasteiger partial charge in [0.2, 0.25) is 5.43 Å². The van der Waals surface area contributed by atoms with E-state index in [0.717, 1.165) is 24.1 Å². The van der Waals surface area contributed by atoms with E-state index in [1.54, 1.807) is 0 Å². The second-order valence-electron chi connectivity index (χ2n) is 5.22. The monoisotopic (exact) mass is 290 g/mol. The molecule has 1 heterocycles. The van der Waals surface area contributed by atoms with Crippen LogP contribution in [-0.4, -0.2) is 9.78 Å². The lowest BCUT2D eigenvalue weighted by Gasteiger charge is -2.10. The van der Waals surface area contributed by atoms with Gasteiger partial charge in [-0.15, -0.1) is 0 Å². The Kier molecular flexibility index (Phi) is 4.15. The Morgan fingerprint density at radius 1 is 0.909 bits per heavy atom. The molecule has 0 radical (unpaired) electrons. The molecule has 0 atom stereocenters. The number of hydrogen-bond acceptors (Lipinski definition) is 2. The summed E-state index contributed by atoms with van der Waals surface area (Å²) in [5.41, 5.74) is 2.97. The SMILES string of the molecule is CCCn1cc(-c2ccccc2)c(=O)c(-c2ccccc2)n1. The van der Waals surface area contributed by atoms with Crippen molar-refractivity contribution in [3.8, 4) is 22.4 Å². The Morgan fingerprint density at radius 3 is 2.09 bits per heavy atom. The van der Waals surface area contributed by atoms with Crippen LogP contribution in [0.15, 0.2) is 71.7 Å². The average molecular weight is 290 g/mol. The van der Waals surface area contributed by atoms with Gasteiger partial charge in [-0.1, -0.05) is 67.6 Å². The van der Waals surface area contributed by atoms with Crippen molar-refractivity contribution in [3.05, 3.63) is 77.1 Å². The third-order valence-electron chi connectivity index (χ3n) is 3.55. The van der Waals surface area contributed by atoms with Crippen molar-refractivity contribution in [1.29, 1.82) is 0 Å². The molecule has 0 bridgehead atoms. The zero-order valence-corrected chi connectivity index (χ0v) is 12.6. The largest absolute Gasteiger partial charge is 0.287 e. The molecule has 3 rings (SSSR count). The molecule has 3 nitrogen and oxygen atoms in total. The molecule has 0 unspecified atom stereocenters. The third-order valence-corrected chi connectivity index (χ3v) is 3.55. The summed E-state index contributed by atoms with van der Waals surface area (Å²) < 4.78 is 1.87. The molecule has 0 aliphatic heterocycles. The minimum absolute atomic E-state index is 0.0234. The van der Waals surface area contributed by atoms with Crippen LogP contribution in [0.5, 0.6) is 0 Å². The van der Waals surface area contributed by atoms with Gasteiger partial charge in [-0.3, -0.25) is 9.48 Å². The van der Waals surface area contributed by atoms with E-state index in [0.29, 0.717) is 11.3 Å². The number of nitrogens with zero attached hydrogens (tertiary/aromatic N) is 2. The third kappa shape index (κ3) is 2.84. The maximum atomic E-state index is 12.9. The lowest BCUT2D eigenvalue weighted by atomic mass is 10.0. The van der Waals surface area contributed by atoms with Gasteiger partial charge in [-0.2, -0.15) is 5.10 Å². The van der Waals surface area contributed by atoms with Gasteiger partial charge in [-0.05, 0) is 12.0 Å². The van der Waals surface area contributed by atoms with Crippen molar-refractivity contribution >= 4 is 0 Å². The lowest BCUT2D eigenvalue weighted by molar-refractivity contribution is 0.590. The van der Waals surface area contributed by atoms with Crippen LogP contribution in [0.4, 0.5) is 0 Å². The van der Waals surface area contributed by atoms with Gasteiger partial charge in [0.15, 0.2) is 0 Å². The van der Waals surface area contributed by atoms with E-state index in [4.69, 9.17) is 0 Å². The molecule has 0 amide bonds. The molecule has 0 N–H and O–H groups in total. The molecule has 2 aromatic carbocycles. The molecule has 0 aliphatic carbocycles. The van der Waals surface area contributed by atoms with Gasteiger partial charge >= 0.3 is 0 Å². The standard InChI is InChI=1S/C19H18N2O/c1-2-13-21-14-17(15-9-5-3-6-10-15)19(22)18(20-21)16-11-7-4-8-12-16/h3-12,14H,2,13H2,1H3. The molecule has 22 heavy (non-hydrogen) atoms. The van der Waals surface area contributed by atoms with Crippen molar-refractivity contribution < 1.29 is 0 Å². The molecule has 0 aliphatic rings. The van der Waals surface area contributed by atoms with Crippen LogP contribution in [-0.2, 0) is 6.54 Å². The summed E-state index contributed by atoms with van der Waals surface area (Å²) in [6, 6.07) is 19.4. The van der Waals surface area contributed by atoms with Crippen molar-refractivity contribution in [2.75, 3.05) is 0 Å². The molecule has 0 saturated heterocycles. The maximum absolute atomic E-state index is 12.9. The zero-order valence-electron chi connectivity index (χ0n) is 12.6. The molecular formula is C19H18N2O. The van der Waals surface area contributed by atoms with Crippen molar-refractivity contribution in [2.45, 2.75) is 19.9 Å². The fourth-order valence-corrected chi connectivity index (χ4v) is 2.49. The number of hydrogen-bond donors (Lipinski definition) is 0. The maximum Gasteiger partial charge on any atom is 0.215 e. The predicted molar refractivity (Wildman–Crippen MR) is 89.7 cm³/mol. The topological polar surface area (TPSA) is 34.9 Å². The Balaban J connectivity index is 2.23. The average Bonchev–Trinajstić information content (AvgIpc) is 2.58. The zero-order chi connectivity index (χ0) is 15.4. The minimum atomic E-state index is -0.0234. The quantitative estimate of drug-likeness (QED) is 0.728. The van der Waals surface area contributed by atoms with E-state index in [2.05, 4.69) is 12.0 Å².